The first-order valence-electron chi connectivity index (χ1n) is 5.48. The largest absolute Gasteiger partial charge is 0.281 e. The van der Waals surface area contributed by atoms with Gasteiger partial charge in [0, 0.05) is 17.1 Å². The lowest BCUT2D eigenvalue weighted by Gasteiger charge is -1.97. The van der Waals surface area contributed by atoms with Crippen molar-refractivity contribution in [2.75, 3.05) is 0 Å². The van der Waals surface area contributed by atoms with Gasteiger partial charge in [0.2, 0.25) is 5.24 Å². The number of hydrogen-bond acceptors (Lipinski definition) is 3. The highest BCUT2D eigenvalue weighted by atomic mass is 35.5. The maximum Gasteiger partial charge on any atom is 0.229 e. The van der Waals surface area contributed by atoms with Crippen LogP contribution in [0.2, 0.25) is 5.02 Å². The number of halogens is 2. The van der Waals surface area contributed by atoms with Gasteiger partial charge in [-0.05, 0) is 42.8 Å². The molecule has 0 radical (unpaired) electrons. The van der Waals surface area contributed by atoms with E-state index >= 15 is 0 Å². The second kappa shape index (κ2) is 5.50. The Kier molecular flexibility index (Phi) is 3.99. The third kappa shape index (κ3) is 2.89. The number of aryl methyl sites for hydroxylation is 1. The lowest BCUT2D eigenvalue weighted by atomic mass is 10.2. The van der Waals surface area contributed by atoms with Crippen LogP contribution in [0.1, 0.15) is 12.7 Å². The summed E-state index contributed by atoms with van der Waals surface area (Å²) in [6.45, 7) is 2.57. The first-order chi connectivity index (χ1) is 8.60. The lowest BCUT2D eigenvalue weighted by Crippen LogP contribution is -2.06. The molecule has 0 spiro atoms. The minimum absolute atomic E-state index is 0.0794. The molecular formula is C12H11Cl2N3O. The van der Waals surface area contributed by atoms with Crippen LogP contribution in [0.3, 0.4) is 0 Å². The predicted molar refractivity (Wildman–Crippen MR) is 70.7 cm³/mol. The molecular weight excluding hydrogens is 273 g/mol. The first-order valence-corrected chi connectivity index (χ1v) is 6.23. The highest BCUT2D eigenvalue weighted by Gasteiger charge is 2.12. The van der Waals surface area contributed by atoms with Crippen LogP contribution in [-0.4, -0.2) is 20.0 Å². The summed E-state index contributed by atoms with van der Waals surface area (Å²) < 4.78 is 1.67. The van der Waals surface area contributed by atoms with E-state index in [9.17, 15) is 4.79 Å². The number of hydrogen-bond donors (Lipinski definition) is 0. The molecule has 0 bridgehead atoms. The summed E-state index contributed by atoms with van der Waals surface area (Å²) in [7, 11) is 0. The average molecular weight is 284 g/mol. The topological polar surface area (TPSA) is 47.8 Å². The number of rotatable bonds is 4. The normalized spacial score (nSPS) is 10.6. The van der Waals surface area contributed by atoms with Crippen molar-refractivity contribution in [1.29, 1.82) is 0 Å². The molecule has 2 aromatic rings. The Balaban J connectivity index is 2.37. The van der Waals surface area contributed by atoms with E-state index in [2.05, 4.69) is 10.1 Å². The van der Waals surface area contributed by atoms with E-state index in [1.165, 1.54) is 0 Å². The van der Waals surface area contributed by atoms with Gasteiger partial charge < -0.3 is 0 Å². The van der Waals surface area contributed by atoms with E-state index < -0.39 is 5.24 Å². The molecule has 2 rings (SSSR count). The molecule has 0 N–H and O–H groups in total. The van der Waals surface area contributed by atoms with Crippen LogP contribution in [0.4, 0.5) is 0 Å². The quantitative estimate of drug-likeness (QED) is 0.811. The number of carbonyl (C=O) groups is 1. The Morgan fingerprint density at radius 1 is 1.33 bits per heavy atom. The van der Waals surface area contributed by atoms with Gasteiger partial charge in [-0.25, -0.2) is 9.67 Å². The van der Waals surface area contributed by atoms with Gasteiger partial charge in [0.05, 0.1) is 6.42 Å². The molecule has 0 atom stereocenters. The zero-order chi connectivity index (χ0) is 13.1. The Labute approximate surface area is 115 Å². The van der Waals surface area contributed by atoms with Crippen molar-refractivity contribution in [1.82, 2.24) is 14.8 Å². The molecule has 0 saturated carbocycles. The van der Waals surface area contributed by atoms with Crippen LogP contribution >= 0.6 is 23.2 Å². The number of aromatic nitrogens is 3. The standard InChI is InChI=1S/C12H11Cl2N3O/c1-2-17-11(7-10(14)18)15-12(16-17)8-3-5-9(13)6-4-8/h3-6H,2,7H2,1H3. The molecule has 0 aliphatic carbocycles. The molecule has 0 aliphatic rings. The molecule has 1 heterocycles. The smallest absolute Gasteiger partial charge is 0.229 e. The van der Waals surface area contributed by atoms with Gasteiger partial charge in [0.25, 0.3) is 0 Å². The van der Waals surface area contributed by atoms with Crippen LogP contribution in [0, 0.1) is 0 Å². The minimum Gasteiger partial charge on any atom is -0.281 e. The molecule has 0 aliphatic heterocycles. The summed E-state index contributed by atoms with van der Waals surface area (Å²) in [5, 5.41) is 4.55. The maximum absolute atomic E-state index is 10.9. The van der Waals surface area contributed by atoms with Gasteiger partial charge >= 0.3 is 0 Å². The predicted octanol–water partition coefficient (Wildman–Crippen LogP) is 2.93. The van der Waals surface area contributed by atoms with E-state index in [1.807, 2.05) is 19.1 Å². The van der Waals surface area contributed by atoms with Crippen LogP contribution in [0.15, 0.2) is 24.3 Å². The third-order valence-electron chi connectivity index (χ3n) is 2.45. The molecule has 0 saturated heterocycles. The van der Waals surface area contributed by atoms with E-state index in [-0.39, 0.29) is 6.42 Å². The van der Waals surface area contributed by atoms with Crippen molar-refractivity contribution in [3.8, 4) is 11.4 Å². The summed E-state index contributed by atoms with van der Waals surface area (Å²) in [6.07, 6.45) is 0.0794. The molecule has 94 valence electrons. The third-order valence-corrected chi connectivity index (χ3v) is 2.83. The lowest BCUT2D eigenvalue weighted by molar-refractivity contribution is -0.111. The van der Waals surface area contributed by atoms with E-state index in [0.717, 1.165) is 5.56 Å². The average Bonchev–Trinajstić information content (AvgIpc) is 2.72. The first kappa shape index (κ1) is 13.1. The number of nitrogens with zero attached hydrogens (tertiary/aromatic N) is 3. The van der Waals surface area contributed by atoms with Gasteiger partial charge in [-0.3, -0.25) is 4.79 Å². The van der Waals surface area contributed by atoms with Crippen molar-refractivity contribution >= 4 is 28.4 Å². The fourth-order valence-corrected chi connectivity index (χ4v) is 1.85. The van der Waals surface area contributed by atoms with Gasteiger partial charge in [-0.2, -0.15) is 5.10 Å². The molecule has 0 unspecified atom stereocenters. The molecule has 6 heteroatoms. The highest BCUT2D eigenvalue weighted by Crippen LogP contribution is 2.19. The number of benzene rings is 1. The molecule has 18 heavy (non-hydrogen) atoms. The second-order valence-electron chi connectivity index (χ2n) is 3.71. The molecule has 1 aromatic heterocycles. The Hall–Kier alpha value is -1.39. The summed E-state index contributed by atoms with van der Waals surface area (Å²) in [4.78, 5) is 15.3. The zero-order valence-electron chi connectivity index (χ0n) is 9.73. The van der Waals surface area contributed by atoms with E-state index in [4.69, 9.17) is 23.2 Å². The molecule has 4 nitrogen and oxygen atoms in total. The van der Waals surface area contributed by atoms with Gasteiger partial charge in [-0.15, -0.1) is 0 Å². The van der Waals surface area contributed by atoms with Gasteiger partial charge in [0.1, 0.15) is 5.82 Å². The van der Waals surface area contributed by atoms with Crippen LogP contribution in [-0.2, 0) is 17.8 Å². The van der Waals surface area contributed by atoms with Crippen LogP contribution in [0.25, 0.3) is 11.4 Å². The van der Waals surface area contributed by atoms with Crippen molar-refractivity contribution < 1.29 is 4.79 Å². The van der Waals surface area contributed by atoms with Crippen LogP contribution in [0.5, 0.6) is 0 Å². The van der Waals surface area contributed by atoms with Crippen molar-refractivity contribution in [2.45, 2.75) is 19.9 Å². The SMILES string of the molecule is CCn1nc(-c2ccc(Cl)cc2)nc1CC(=O)Cl. The van der Waals surface area contributed by atoms with Crippen molar-refractivity contribution in [3.05, 3.63) is 35.1 Å². The van der Waals surface area contributed by atoms with Crippen LogP contribution < -0.4 is 0 Å². The van der Waals surface area contributed by atoms with E-state index in [1.54, 1.807) is 16.8 Å². The minimum atomic E-state index is -0.445. The monoisotopic (exact) mass is 283 g/mol. The summed E-state index contributed by atoms with van der Waals surface area (Å²) in [5.41, 5.74) is 0.856. The Bertz CT molecular complexity index is 563. The fraction of sp³-hybridized carbons (Fsp3) is 0.250. The maximum atomic E-state index is 10.9. The Morgan fingerprint density at radius 2 is 2.00 bits per heavy atom. The Morgan fingerprint density at radius 3 is 2.56 bits per heavy atom. The second-order valence-corrected chi connectivity index (χ2v) is 4.56. The van der Waals surface area contributed by atoms with Crippen molar-refractivity contribution in [3.63, 3.8) is 0 Å². The summed E-state index contributed by atoms with van der Waals surface area (Å²) in [5.74, 6) is 1.14. The zero-order valence-corrected chi connectivity index (χ0v) is 11.2. The van der Waals surface area contributed by atoms with Gasteiger partial charge in [-0.1, -0.05) is 11.6 Å². The fourth-order valence-electron chi connectivity index (χ4n) is 1.60. The van der Waals surface area contributed by atoms with Crippen molar-refractivity contribution in [2.24, 2.45) is 0 Å². The summed E-state index contributed by atoms with van der Waals surface area (Å²) in [6, 6.07) is 7.22. The molecule has 0 fully saturated rings. The number of carbonyl (C=O) groups excluding carboxylic acids is 1. The van der Waals surface area contributed by atoms with Gasteiger partial charge in [0.15, 0.2) is 5.82 Å². The summed E-state index contributed by atoms with van der Waals surface area (Å²) >= 11 is 11.2. The molecule has 0 amide bonds. The highest BCUT2D eigenvalue weighted by molar-refractivity contribution is 6.63. The van der Waals surface area contributed by atoms with E-state index in [0.29, 0.717) is 23.2 Å². The molecule has 1 aromatic carbocycles.